The summed E-state index contributed by atoms with van der Waals surface area (Å²) < 4.78 is 23.8. The van der Waals surface area contributed by atoms with E-state index in [0.29, 0.717) is 6.08 Å². The molecule has 2 rings (SSSR count). The Hall–Kier alpha value is -2.04. The van der Waals surface area contributed by atoms with Crippen LogP contribution in [0.5, 0.6) is 0 Å². The first-order valence-corrected chi connectivity index (χ1v) is 4.57. The average molecular weight is 223 g/mol. The highest BCUT2D eigenvalue weighted by molar-refractivity contribution is 6.21. The van der Waals surface area contributed by atoms with Gasteiger partial charge in [0, 0.05) is 6.08 Å². The molecule has 1 aromatic carbocycles. The van der Waals surface area contributed by atoms with Gasteiger partial charge < -0.3 is 0 Å². The minimum atomic E-state index is -1.91. The fourth-order valence-corrected chi connectivity index (χ4v) is 1.57. The fraction of sp³-hybridized carbons (Fsp3) is 0.0909. The lowest BCUT2D eigenvalue weighted by molar-refractivity contribution is 0.0671. The van der Waals surface area contributed by atoms with Crippen molar-refractivity contribution in [1.82, 2.24) is 4.90 Å². The first kappa shape index (κ1) is 10.5. The fourth-order valence-electron chi connectivity index (χ4n) is 1.57. The van der Waals surface area contributed by atoms with Crippen LogP contribution in [-0.2, 0) is 0 Å². The maximum Gasteiger partial charge on any atom is 0.268 e. The number of imide groups is 1. The Morgan fingerprint density at radius 3 is 2.06 bits per heavy atom. The summed E-state index contributed by atoms with van der Waals surface area (Å²) in [6.07, 6.45) is -1.36. The first-order valence-electron chi connectivity index (χ1n) is 4.57. The quantitative estimate of drug-likeness (QED) is 0.719. The zero-order valence-electron chi connectivity index (χ0n) is 8.11. The van der Waals surface area contributed by atoms with Crippen molar-refractivity contribution in [2.24, 2.45) is 0 Å². The number of nitrogens with zero attached hydrogens (tertiary/aromatic N) is 1. The Bertz CT molecular complexity index is 458. The Morgan fingerprint density at radius 2 is 1.62 bits per heavy atom. The van der Waals surface area contributed by atoms with Crippen LogP contribution in [0.25, 0.3) is 0 Å². The summed E-state index contributed by atoms with van der Waals surface area (Å²) in [5.41, 5.74) is 0.528. The number of carbonyl (C=O) groups is 2. The molecule has 0 aliphatic carbocycles. The van der Waals surface area contributed by atoms with Crippen LogP contribution in [0.3, 0.4) is 0 Å². The number of hydrogen-bond acceptors (Lipinski definition) is 2. The Labute approximate surface area is 90.0 Å². The van der Waals surface area contributed by atoms with Crippen LogP contribution < -0.4 is 0 Å². The summed E-state index contributed by atoms with van der Waals surface area (Å²) >= 11 is 0. The van der Waals surface area contributed by atoms with E-state index >= 15 is 0 Å². The molecule has 0 fully saturated rings. The molecule has 0 bridgehead atoms. The standard InChI is InChI=1S/C11H7F2NO2/c12-9(13)5-6-14-10(15)7-3-1-2-4-8(7)11(14)16/h1-5H,6H2. The number of halogens is 2. The largest absolute Gasteiger partial charge is 0.270 e. The molecule has 82 valence electrons. The van der Waals surface area contributed by atoms with Crippen molar-refractivity contribution in [1.29, 1.82) is 0 Å². The van der Waals surface area contributed by atoms with Crippen molar-refractivity contribution in [3.63, 3.8) is 0 Å². The van der Waals surface area contributed by atoms with Crippen molar-refractivity contribution < 1.29 is 18.4 Å². The van der Waals surface area contributed by atoms with E-state index in [1.54, 1.807) is 12.1 Å². The van der Waals surface area contributed by atoms with Gasteiger partial charge in [0.05, 0.1) is 17.7 Å². The second-order valence-electron chi connectivity index (χ2n) is 3.26. The molecule has 1 aliphatic rings. The molecule has 1 aromatic rings. The maximum atomic E-state index is 11.9. The summed E-state index contributed by atoms with van der Waals surface area (Å²) in [5, 5.41) is 0. The first-order chi connectivity index (χ1) is 7.61. The zero-order chi connectivity index (χ0) is 11.7. The molecule has 1 heterocycles. The van der Waals surface area contributed by atoms with E-state index in [0.717, 1.165) is 4.90 Å². The van der Waals surface area contributed by atoms with Crippen molar-refractivity contribution >= 4 is 11.8 Å². The summed E-state index contributed by atoms with van der Waals surface area (Å²) in [6.45, 7) is -0.394. The van der Waals surface area contributed by atoms with Gasteiger partial charge in [-0.25, -0.2) is 0 Å². The maximum absolute atomic E-state index is 11.9. The van der Waals surface area contributed by atoms with Crippen molar-refractivity contribution in [3.05, 3.63) is 47.5 Å². The summed E-state index contributed by atoms with van der Waals surface area (Å²) in [7, 11) is 0. The Balaban J connectivity index is 2.32. The second kappa shape index (κ2) is 3.84. The molecule has 3 nitrogen and oxygen atoms in total. The van der Waals surface area contributed by atoms with E-state index in [-0.39, 0.29) is 11.1 Å². The van der Waals surface area contributed by atoms with Gasteiger partial charge in [0.2, 0.25) is 0 Å². The van der Waals surface area contributed by atoms with E-state index < -0.39 is 24.4 Å². The minimum Gasteiger partial charge on any atom is -0.270 e. The molecule has 16 heavy (non-hydrogen) atoms. The molecule has 0 radical (unpaired) electrons. The van der Waals surface area contributed by atoms with Crippen molar-refractivity contribution in [2.75, 3.05) is 6.54 Å². The van der Waals surface area contributed by atoms with Crippen molar-refractivity contribution in [3.8, 4) is 0 Å². The van der Waals surface area contributed by atoms with Crippen LogP contribution in [0, 0.1) is 0 Å². The van der Waals surface area contributed by atoms with Gasteiger partial charge in [-0.15, -0.1) is 0 Å². The van der Waals surface area contributed by atoms with Crippen LogP contribution in [0.2, 0.25) is 0 Å². The number of rotatable bonds is 2. The zero-order valence-corrected chi connectivity index (χ0v) is 8.11. The number of hydrogen-bond donors (Lipinski definition) is 0. The molecule has 0 atom stereocenters. The van der Waals surface area contributed by atoms with Crippen LogP contribution >= 0.6 is 0 Å². The highest BCUT2D eigenvalue weighted by Gasteiger charge is 2.34. The number of amides is 2. The second-order valence-corrected chi connectivity index (χ2v) is 3.26. The lowest BCUT2D eigenvalue weighted by Crippen LogP contribution is -2.29. The van der Waals surface area contributed by atoms with Crippen molar-refractivity contribution in [2.45, 2.75) is 0 Å². The molecule has 0 N–H and O–H groups in total. The molecule has 0 saturated heterocycles. The van der Waals surface area contributed by atoms with E-state index in [9.17, 15) is 18.4 Å². The molecule has 1 aliphatic heterocycles. The molecular weight excluding hydrogens is 216 g/mol. The highest BCUT2D eigenvalue weighted by Crippen LogP contribution is 2.22. The monoisotopic (exact) mass is 223 g/mol. The van der Waals surface area contributed by atoms with E-state index in [1.807, 2.05) is 0 Å². The van der Waals surface area contributed by atoms with E-state index in [4.69, 9.17) is 0 Å². The lowest BCUT2D eigenvalue weighted by atomic mass is 10.1. The summed E-state index contributed by atoms with van der Waals surface area (Å²) in [5.74, 6) is -1.06. The van der Waals surface area contributed by atoms with Crippen LogP contribution in [0.15, 0.2) is 36.4 Å². The minimum absolute atomic E-state index is 0.264. The van der Waals surface area contributed by atoms with Gasteiger partial charge in [-0.3, -0.25) is 14.5 Å². The van der Waals surface area contributed by atoms with Gasteiger partial charge in [0.25, 0.3) is 17.9 Å². The predicted molar refractivity (Wildman–Crippen MR) is 52.1 cm³/mol. The number of benzene rings is 1. The molecule has 2 amide bonds. The van der Waals surface area contributed by atoms with Gasteiger partial charge in [0.15, 0.2) is 0 Å². The van der Waals surface area contributed by atoms with Gasteiger partial charge in [-0.05, 0) is 12.1 Å². The number of fused-ring (bicyclic) bond motifs is 1. The summed E-state index contributed by atoms with van der Waals surface area (Å²) in [4.78, 5) is 24.1. The third-order valence-corrected chi connectivity index (χ3v) is 2.31. The summed E-state index contributed by atoms with van der Waals surface area (Å²) in [6, 6.07) is 6.26. The molecule has 0 unspecified atom stereocenters. The van der Waals surface area contributed by atoms with Gasteiger partial charge >= 0.3 is 0 Å². The molecule has 0 aromatic heterocycles. The Kier molecular flexibility index (Phi) is 2.52. The highest BCUT2D eigenvalue weighted by atomic mass is 19.3. The number of carbonyl (C=O) groups excluding carboxylic acids is 2. The third kappa shape index (κ3) is 1.60. The van der Waals surface area contributed by atoms with E-state index in [2.05, 4.69) is 0 Å². The van der Waals surface area contributed by atoms with E-state index in [1.165, 1.54) is 12.1 Å². The lowest BCUT2D eigenvalue weighted by Gasteiger charge is -2.09. The third-order valence-electron chi connectivity index (χ3n) is 2.31. The molecule has 0 spiro atoms. The Morgan fingerprint density at radius 1 is 1.12 bits per heavy atom. The predicted octanol–water partition coefficient (Wildman–Crippen LogP) is 2.06. The van der Waals surface area contributed by atoms with Crippen LogP contribution in [-0.4, -0.2) is 23.3 Å². The van der Waals surface area contributed by atoms with Gasteiger partial charge in [-0.1, -0.05) is 12.1 Å². The van der Waals surface area contributed by atoms with Gasteiger partial charge in [0.1, 0.15) is 0 Å². The topological polar surface area (TPSA) is 37.4 Å². The normalized spacial score (nSPS) is 14.0. The van der Waals surface area contributed by atoms with Gasteiger partial charge in [-0.2, -0.15) is 8.78 Å². The van der Waals surface area contributed by atoms with Crippen LogP contribution in [0.1, 0.15) is 20.7 Å². The SMILES string of the molecule is O=C1c2ccccc2C(=O)N1CC=C(F)F. The molecular formula is C11H7F2NO2. The molecule has 5 heteroatoms. The smallest absolute Gasteiger partial charge is 0.268 e. The molecule has 0 saturated carbocycles. The van der Waals surface area contributed by atoms with Crippen LogP contribution in [0.4, 0.5) is 8.78 Å². The average Bonchev–Trinajstić information content (AvgIpc) is 2.50.